The number of hydrogen-bond donors (Lipinski definition) is 0. The van der Waals surface area contributed by atoms with Crippen LogP contribution in [0.15, 0.2) is 38.8 Å². The van der Waals surface area contributed by atoms with Crippen LogP contribution in [0.1, 0.15) is 42.3 Å². The molecule has 0 bridgehead atoms. The summed E-state index contributed by atoms with van der Waals surface area (Å²) in [5, 5.41) is 13.0. The molecule has 3 aromatic rings. The van der Waals surface area contributed by atoms with Crippen LogP contribution in [0.4, 0.5) is 5.82 Å². The molecular formula is C21H24ClN7O2. The van der Waals surface area contributed by atoms with E-state index >= 15 is 0 Å². The van der Waals surface area contributed by atoms with Gasteiger partial charge in [0.15, 0.2) is 5.82 Å². The van der Waals surface area contributed by atoms with Crippen LogP contribution in [0.25, 0.3) is 0 Å². The number of fused-ring (bicyclic) bond motifs is 1. The van der Waals surface area contributed by atoms with Crippen LogP contribution in [-0.4, -0.2) is 34.5 Å². The average molecular weight is 442 g/mol. The lowest BCUT2D eigenvalue weighted by Gasteiger charge is -2.13. The van der Waals surface area contributed by atoms with Gasteiger partial charge in [-0.2, -0.15) is 4.80 Å². The standard InChI is InChI=1S/C21H24ClN7O2/c1-3-8-27-19-16(13-17(22)23-19)20(30)28(21(27)31)9-5-10-29-25-18(24-26-29)12-15-7-4-6-14(2)11-15/h4,6-7,11H,3,5,8-10,12-13H2,1-2H3. The largest absolute Gasteiger partial charge is 0.332 e. The zero-order chi connectivity index (χ0) is 22.0. The SMILES string of the molecule is CCCn1c2c(c(=O)n(CCCn3nnc(Cc4cccc(C)c4)n3)c1=O)CC(Cl)=N2. The molecule has 3 heterocycles. The minimum Gasteiger partial charge on any atom is -0.278 e. The number of rotatable bonds is 8. The molecule has 31 heavy (non-hydrogen) atoms. The first kappa shape index (κ1) is 21.2. The molecule has 2 aromatic heterocycles. The second-order valence-electron chi connectivity index (χ2n) is 7.68. The number of tetrazole rings is 1. The molecular weight excluding hydrogens is 418 g/mol. The number of benzene rings is 1. The molecule has 0 fully saturated rings. The van der Waals surface area contributed by atoms with Crippen molar-refractivity contribution in [1.82, 2.24) is 29.3 Å². The molecule has 0 spiro atoms. The van der Waals surface area contributed by atoms with E-state index in [4.69, 9.17) is 11.6 Å². The normalized spacial score (nSPS) is 12.8. The zero-order valence-corrected chi connectivity index (χ0v) is 18.3. The molecule has 0 saturated heterocycles. The van der Waals surface area contributed by atoms with Crippen LogP contribution in [-0.2, 0) is 32.5 Å². The molecule has 10 heteroatoms. The molecule has 1 aliphatic heterocycles. The van der Waals surface area contributed by atoms with Crippen molar-refractivity contribution in [2.75, 3.05) is 0 Å². The highest BCUT2D eigenvalue weighted by molar-refractivity contribution is 6.66. The van der Waals surface area contributed by atoms with Gasteiger partial charge in [0.05, 0.1) is 12.1 Å². The van der Waals surface area contributed by atoms with Crippen molar-refractivity contribution in [3.63, 3.8) is 0 Å². The van der Waals surface area contributed by atoms with Crippen molar-refractivity contribution in [2.45, 2.75) is 59.2 Å². The summed E-state index contributed by atoms with van der Waals surface area (Å²) < 4.78 is 2.81. The number of aryl methyl sites for hydroxylation is 2. The van der Waals surface area contributed by atoms with Gasteiger partial charge in [-0.15, -0.1) is 10.2 Å². The summed E-state index contributed by atoms with van der Waals surface area (Å²) in [5.41, 5.74) is 2.12. The molecule has 0 unspecified atom stereocenters. The minimum atomic E-state index is -0.354. The van der Waals surface area contributed by atoms with E-state index in [0.29, 0.717) is 48.3 Å². The molecule has 4 rings (SSSR count). The van der Waals surface area contributed by atoms with Crippen molar-refractivity contribution in [3.8, 4) is 0 Å². The smallest absolute Gasteiger partial charge is 0.278 e. The zero-order valence-electron chi connectivity index (χ0n) is 17.6. The Morgan fingerprint density at radius 3 is 2.74 bits per heavy atom. The molecule has 162 valence electrons. The molecule has 0 saturated carbocycles. The fourth-order valence-electron chi connectivity index (χ4n) is 3.77. The lowest BCUT2D eigenvalue weighted by molar-refractivity contribution is 0.449. The molecule has 0 atom stereocenters. The Morgan fingerprint density at radius 2 is 1.97 bits per heavy atom. The monoisotopic (exact) mass is 441 g/mol. The van der Waals surface area contributed by atoms with E-state index in [-0.39, 0.29) is 24.2 Å². The number of hydrogen-bond acceptors (Lipinski definition) is 6. The molecule has 0 amide bonds. The molecule has 1 aliphatic rings. The third kappa shape index (κ3) is 4.51. The Morgan fingerprint density at radius 1 is 1.13 bits per heavy atom. The highest BCUT2D eigenvalue weighted by Crippen LogP contribution is 2.23. The first-order chi connectivity index (χ1) is 15.0. The van der Waals surface area contributed by atoms with Gasteiger partial charge < -0.3 is 0 Å². The van der Waals surface area contributed by atoms with Gasteiger partial charge in [-0.1, -0.05) is 48.4 Å². The van der Waals surface area contributed by atoms with Gasteiger partial charge in [0.25, 0.3) is 5.56 Å². The van der Waals surface area contributed by atoms with E-state index in [1.165, 1.54) is 14.9 Å². The van der Waals surface area contributed by atoms with E-state index in [0.717, 1.165) is 12.0 Å². The van der Waals surface area contributed by atoms with Gasteiger partial charge in [-0.05, 0) is 30.5 Å². The second kappa shape index (κ2) is 8.97. The summed E-state index contributed by atoms with van der Waals surface area (Å²) in [6, 6.07) is 8.18. The average Bonchev–Trinajstić information content (AvgIpc) is 3.34. The Hall–Kier alpha value is -3.07. The van der Waals surface area contributed by atoms with Gasteiger partial charge in [0.2, 0.25) is 0 Å². The van der Waals surface area contributed by atoms with Gasteiger partial charge in [-0.3, -0.25) is 13.9 Å². The summed E-state index contributed by atoms with van der Waals surface area (Å²) in [6.07, 6.45) is 2.15. The lowest BCUT2D eigenvalue weighted by Crippen LogP contribution is -2.41. The summed E-state index contributed by atoms with van der Waals surface area (Å²) in [7, 11) is 0. The fraction of sp³-hybridized carbons (Fsp3) is 0.429. The topological polar surface area (TPSA) is 100.0 Å². The molecule has 1 aromatic carbocycles. The summed E-state index contributed by atoms with van der Waals surface area (Å²) in [6.45, 7) is 5.22. The van der Waals surface area contributed by atoms with Crippen LogP contribution in [0, 0.1) is 6.92 Å². The predicted molar refractivity (Wildman–Crippen MR) is 118 cm³/mol. The van der Waals surface area contributed by atoms with Crippen LogP contribution in [0.3, 0.4) is 0 Å². The van der Waals surface area contributed by atoms with E-state index in [2.05, 4.69) is 26.5 Å². The Labute approximate surface area is 184 Å². The number of halogens is 1. The Balaban J connectivity index is 1.46. The number of aliphatic imine (C=N–C) groups is 1. The molecule has 0 N–H and O–H groups in total. The third-order valence-electron chi connectivity index (χ3n) is 5.17. The summed E-state index contributed by atoms with van der Waals surface area (Å²) in [4.78, 5) is 31.4. The van der Waals surface area contributed by atoms with Crippen molar-refractivity contribution in [2.24, 2.45) is 4.99 Å². The molecule has 0 radical (unpaired) electrons. The molecule has 9 nitrogen and oxygen atoms in total. The quantitative estimate of drug-likeness (QED) is 0.533. The van der Waals surface area contributed by atoms with E-state index in [9.17, 15) is 9.59 Å². The minimum absolute atomic E-state index is 0.265. The first-order valence-corrected chi connectivity index (χ1v) is 10.8. The van der Waals surface area contributed by atoms with E-state index < -0.39 is 0 Å². The highest BCUT2D eigenvalue weighted by atomic mass is 35.5. The maximum absolute atomic E-state index is 12.9. The number of nitrogens with zero attached hydrogens (tertiary/aromatic N) is 7. The fourth-order valence-corrected chi connectivity index (χ4v) is 3.98. The van der Waals surface area contributed by atoms with E-state index in [1.54, 1.807) is 4.57 Å². The van der Waals surface area contributed by atoms with Crippen molar-refractivity contribution in [1.29, 1.82) is 0 Å². The van der Waals surface area contributed by atoms with Crippen LogP contribution in [0.5, 0.6) is 0 Å². The van der Waals surface area contributed by atoms with Crippen molar-refractivity contribution >= 4 is 22.6 Å². The molecule has 0 aliphatic carbocycles. The van der Waals surface area contributed by atoms with Crippen LogP contribution >= 0.6 is 11.6 Å². The maximum atomic E-state index is 12.9. The van der Waals surface area contributed by atoms with Gasteiger partial charge in [0, 0.05) is 25.9 Å². The van der Waals surface area contributed by atoms with Gasteiger partial charge in [0.1, 0.15) is 11.0 Å². The maximum Gasteiger partial charge on any atom is 0.332 e. The lowest BCUT2D eigenvalue weighted by atomic mass is 10.1. The van der Waals surface area contributed by atoms with Gasteiger partial charge in [-0.25, -0.2) is 9.79 Å². The first-order valence-electron chi connectivity index (χ1n) is 10.4. The van der Waals surface area contributed by atoms with E-state index in [1.807, 2.05) is 32.0 Å². The third-order valence-corrected chi connectivity index (χ3v) is 5.38. The Kier molecular flexibility index (Phi) is 6.13. The predicted octanol–water partition coefficient (Wildman–Crippen LogP) is 2.22. The summed E-state index contributed by atoms with van der Waals surface area (Å²) in [5.74, 6) is 1.04. The van der Waals surface area contributed by atoms with Crippen LogP contribution < -0.4 is 11.2 Å². The summed E-state index contributed by atoms with van der Waals surface area (Å²) >= 11 is 6.04. The van der Waals surface area contributed by atoms with Crippen molar-refractivity contribution in [3.05, 3.63) is 67.6 Å². The Bertz CT molecular complexity index is 1260. The number of aromatic nitrogens is 6. The van der Waals surface area contributed by atoms with Crippen LogP contribution in [0.2, 0.25) is 0 Å². The van der Waals surface area contributed by atoms with Gasteiger partial charge >= 0.3 is 5.69 Å². The van der Waals surface area contributed by atoms with Crippen molar-refractivity contribution < 1.29 is 0 Å². The highest BCUT2D eigenvalue weighted by Gasteiger charge is 2.24. The second-order valence-corrected chi connectivity index (χ2v) is 8.12.